The van der Waals surface area contributed by atoms with Crippen molar-refractivity contribution in [2.75, 3.05) is 6.61 Å². The van der Waals surface area contributed by atoms with Crippen LogP contribution in [-0.2, 0) is 19.6 Å². The van der Waals surface area contributed by atoms with E-state index in [1.807, 2.05) is 22.9 Å². The van der Waals surface area contributed by atoms with E-state index in [1.165, 1.54) is 0 Å². The van der Waals surface area contributed by atoms with E-state index in [2.05, 4.69) is 4.98 Å². The van der Waals surface area contributed by atoms with Crippen molar-refractivity contribution in [1.82, 2.24) is 9.55 Å². The van der Waals surface area contributed by atoms with Gasteiger partial charge in [0.25, 0.3) is 0 Å². The zero-order valence-electron chi connectivity index (χ0n) is 9.77. The van der Waals surface area contributed by atoms with Crippen LogP contribution in [0.25, 0.3) is 0 Å². The number of aliphatic hydroxyl groups is 1. The first kappa shape index (κ1) is 11.6. The van der Waals surface area contributed by atoms with Crippen LogP contribution in [0.5, 0.6) is 5.75 Å². The molecular formula is C13H13ClN2O2. The van der Waals surface area contributed by atoms with Gasteiger partial charge in [0.1, 0.15) is 18.2 Å². The lowest BCUT2D eigenvalue weighted by Gasteiger charge is -2.11. The van der Waals surface area contributed by atoms with Crippen LogP contribution in [0.15, 0.2) is 24.5 Å². The molecule has 1 aliphatic heterocycles. The Kier molecular flexibility index (Phi) is 2.97. The summed E-state index contributed by atoms with van der Waals surface area (Å²) in [4.78, 5) is 4.09. The second-order valence-corrected chi connectivity index (χ2v) is 4.72. The molecule has 0 spiro atoms. The van der Waals surface area contributed by atoms with Crippen molar-refractivity contribution in [3.8, 4) is 5.75 Å². The highest BCUT2D eigenvalue weighted by atomic mass is 35.5. The van der Waals surface area contributed by atoms with Gasteiger partial charge in [-0.05, 0) is 17.7 Å². The van der Waals surface area contributed by atoms with Gasteiger partial charge in [-0.2, -0.15) is 0 Å². The van der Waals surface area contributed by atoms with Gasteiger partial charge in [-0.3, -0.25) is 0 Å². The van der Waals surface area contributed by atoms with Gasteiger partial charge >= 0.3 is 0 Å². The molecule has 0 saturated heterocycles. The number of fused-ring (bicyclic) bond motifs is 1. The Bertz CT molecular complexity index is 580. The summed E-state index contributed by atoms with van der Waals surface area (Å²) in [6.45, 7) is 1.24. The second kappa shape index (κ2) is 4.63. The molecule has 0 aliphatic carbocycles. The van der Waals surface area contributed by atoms with Gasteiger partial charge in [0.2, 0.25) is 0 Å². The molecule has 1 aromatic carbocycles. The van der Waals surface area contributed by atoms with Crippen molar-refractivity contribution < 1.29 is 9.84 Å². The Morgan fingerprint density at radius 3 is 3.17 bits per heavy atom. The fourth-order valence-electron chi connectivity index (χ4n) is 2.28. The number of halogens is 1. The predicted molar refractivity (Wildman–Crippen MR) is 67.9 cm³/mol. The average Bonchev–Trinajstić information content (AvgIpc) is 2.96. The Morgan fingerprint density at radius 2 is 2.33 bits per heavy atom. The Balaban J connectivity index is 1.98. The lowest BCUT2D eigenvalue weighted by molar-refractivity contribution is 0.266. The van der Waals surface area contributed by atoms with Gasteiger partial charge in [-0.25, -0.2) is 4.98 Å². The molecule has 0 fully saturated rings. The third kappa shape index (κ3) is 1.98. The predicted octanol–water partition coefficient (Wildman–Crippen LogP) is 2.01. The lowest BCUT2D eigenvalue weighted by Crippen LogP contribution is -2.05. The molecule has 4 nitrogen and oxygen atoms in total. The van der Waals surface area contributed by atoms with E-state index in [0.29, 0.717) is 19.0 Å². The van der Waals surface area contributed by atoms with E-state index in [4.69, 9.17) is 16.3 Å². The highest BCUT2D eigenvalue weighted by Crippen LogP contribution is 2.33. The minimum absolute atomic E-state index is 0.0728. The second-order valence-electron chi connectivity index (χ2n) is 4.28. The van der Waals surface area contributed by atoms with Crippen molar-refractivity contribution in [2.24, 2.45) is 0 Å². The van der Waals surface area contributed by atoms with Crippen LogP contribution >= 0.6 is 11.6 Å². The van der Waals surface area contributed by atoms with Crippen LogP contribution in [0.2, 0.25) is 5.02 Å². The first-order chi connectivity index (χ1) is 8.78. The summed E-state index contributed by atoms with van der Waals surface area (Å²) in [5.41, 5.74) is 2.19. The molecule has 0 atom stereocenters. The quantitative estimate of drug-likeness (QED) is 0.923. The Hall–Kier alpha value is -1.52. The van der Waals surface area contributed by atoms with E-state index in [1.54, 1.807) is 6.20 Å². The van der Waals surface area contributed by atoms with Gasteiger partial charge in [-0.15, -0.1) is 0 Å². The van der Waals surface area contributed by atoms with Crippen molar-refractivity contribution in [3.05, 3.63) is 46.5 Å². The molecule has 0 bridgehead atoms. The molecule has 1 aromatic heterocycles. The average molecular weight is 265 g/mol. The topological polar surface area (TPSA) is 47.3 Å². The number of hydrogen-bond donors (Lipinski definition) is 1. The van der Waals surface area contributed by atoms with Crippen molar-refractivity contribution in [1.29, 1.82) is 0 Å². The van der Waals surface area contributed by atoms with Crippen LogP contribution in [0, 0.1) is 0 Å². The van der Waals surface area contributed by atoms with Crippen molar-refractivity contribution >= 4 is 11.6 Å². The summed E-state index contributed by atoms with van der Waals surface area (Å²) in [5, 5.41) is 9.91. The molecule has 5 heteroatoms. The van der Waals surface area contributed by atoms with E-state index in [-0.39, 0.29) is 6.61 Å². The summed E-state index contributed by atoms with van der Waals surface area (Å²) in [5.74, 6) is 1.57. The van der Waals surface area contributed by atoms with Gasteiger partial charge in [0.05, 0.1) is 13.2 Å². The Labute approximate surface area is 110 Å². The minimum atomic E-state index is -0.0728. The highest BCUT2D eigenvalue weighted by Gasteiger charge is 2.18. The van der Waals surface area contributed by atoms with Crippen molar-refractivity contribution in [2.45, 2.75) is 19.6 Å². The molecule has 0 saturated carbocycles. The molecule has 0 radical (unpaired) electrons. The zero-order chi connectivity index (χ0) is 12.5. The van der Waals surface area contributed by atoms with Crippen LogP contribution in [0.3, 0.4) is 0 Å². The standard InChI is InChI=1S/C13H13ClN2O2/c14-11-5-9-1-4-18-13(9)10(6-11)7-16-3-2-15-12(16)8-17/h2-3,5-6,17H,1,4,7-8H2. The summed E-state index contributed by atoms with van der Waals surface area (Å²) in [7, 11) is 0. The summed E-state index contributed by atoms with van der Waals surface area (Å²) in [6.07, 6.45) is 4.42. The van der Waals surface area contributed by atoms with Crippen LogP contribution in [0.1, 0.15) is 17.0 Å². The molecule has 1 aliphatic rings. The monoisotopic (exact) mass is 264 g/mol. The maximum Gasteiger partial charge on any atom is 0.134 e. The van der Waals surface area contributed by atoms with Crippen LogP contribution < -0.4 is 4.74 Å². The number of aromatic nitrogens is 2. The van der Waals surface area contributed by atoms with E-state index < -0.39 is 0 Å². The van der Waals surface area contributed by atoms with Crippen molar-refractivity contribution in [3.63, 3.8) is 0 Å². The highest BCUT2D eigenvalue weighted by molar-refractivity contribution is 6.30. The maximum atomic E-state index is 9.19. The largest absolute Gasteiger partial charge is 0.493 e. The molecule has 1 N–H and O–H groups in total. The summed E-state index contributed by atoms with van der Waals surface area (Å²) < 4.78 is 7.55. The van der Waals surface area contributed by atoms with Gasteiger partial charge in [-0.1, -0.05) is 11.6 Å². The number of aliphatic hydroxyl groups excluding tert-OH is 1. The third-order valence-electron chi connectivity index (χ3n) is 3.11. The summed E-state index contributed by atoms with van der Waals surface area (Å²) in [6, 6.07) is 3.86. The van der Waals surface area contributed by atoms with Gasteiger partial charge in [0, 0.05) is 29.4 Å². The number of hydrogen-bond acceptors (Lipinski definition) is 3. The van der Waals surface area contributed by atoms with E-state index in [9.17, 15) is 5.11 Å². The van der Waals surface area contributed by atoms with Gasteiger partial charge < -0.3 is 14.4 Å². The van der Waals surface area contributed by atoms with Crippen LogP contribution in [-0.4, -0.2) is 21.3 Å². The van der Waals surface area contributed by atoms with E-state index >= 15 is 0 Å². The normalized spacial score (nSPS) is 13.4. The molecule has 0 unspecified atom stereocenters. The third-order valence-corrected chi connectivity index (χ3v) is 3.33. The minimum Gasteiger partial charge on any atom is -0.493 e. The first-order valence-electron chi connectivity index (χ1n) is 5.83. The SMILES string of the molecule is OCc1nccn1Cc1cc(Cl)cc2c1OCC2. The van der Waals surface area contributed by atoms with E-state index in [0.717, 1.165) is 28.3 Å². The number of rotatable bonds is 3. The number of imidazole rings is 1. The summed E-state index contributed by atoms with van der Waals surface area (Å²) >= 11 is 6.11. The number of benzene rings is 1. The molecular weight excluding hydrogens is 252 g/mol. The Morgan fingerprint density at radius 1 is 1.44 bits per heavy atom. The fraction of sp³-hybridized carbons (Fsp3) is 0.308. The molecule has 18 heavy (non-hydrogen) atoms. The fourth-order valence-corrected chi connectivity index (χ4v) is 2.55. The first-order valence-corrected chi connectivity index (χ1v) is 6.20. The number of ether oxygens (including phenoxy) is 1. The maximum absolute atomic E-state index is 9.19. The molecule has 2 heterocycles. The molecule has 94 valence electrons. The number of nitrogens with zero attached hydrogens (tertiary/aromatic N) is 2. The molecule has 0 amide bonds. The lowest BCUT2D eigenvalue weighted by atomic mass is 10.1. The smallest absolute Gasteiger partial charge is 0.134 e. The van der Waals surface area contributed by atoms with Gasteiger partial charge in [0.15, 0.2) is 0 Å². The molecule has 2 aromatic rings. The molecule has 3 rings (SSSR count). The van der Waals surface area contributed by atoms with Crippen LogP contribution in [0.4, 0.5) is 0 Å². The zero-order valence-corrected chi connectivity index (χ0v) is 10.5.